The third kappa shape index (κ3) is 4.99. The van der Waals surface area contributed by atoms with E-state index in [9.17, 15) is 14.4 Å². The first kappa shape index (κ1) is 26.5. The Labute approximate surface area is 217 Å². The van der Waals surface area contributed by atoms with Gasteiger partial charge in [0.1, 0.15) is 17.3 Å². The van der Waals surface area contributed by atoms with Gasteiger partial charge in [0.15, 0.2) is 5.78 Å². The van der Waals surface area contributed by atoms with Gasteiger partial charge in [0.05, 0.1) is 18.8 Å². The molecule has 1 unspecified atom stereocenters. The SMILES string of the molecule is CCOC(=O)C1=C(NC(C)(C)CC(C)(C)C)OC2=C(C(=O)c3cccc4cccc2c34)C1C(=O)OCC. The Hall–Kier alpha value is -3.61. The molecule has 0 amide bonds. The minimum absolute atomic E-state index is 0.0356. The van der Waals surface area contributed by atoms with Gasteiger partial charge in [0.2, 0.25) is 5.88 Å². The normalized spacial score (nSPS) is 17.4. The average Bonchev–Trinajstić information content (AvgIpc) is 2.80. The molecule has 1 N–H and O–H groups in total. The summed E-state index contributed by atoms with van der Waals surface area (Å²) in [5, 5.41) is 5.01. The van der Waals surface area contributed by atoms with Crippen LogP contribution in [0.2, 0.25) is 0 Å². The van der Waals surface area contributed by atoms with Crippen LogP contribution < -0.4 is 5.32 Å². The second-order valence-corrected chi connectivity index (χ2v) is 11.3. The lowest BCUT2D eigenvalue weighted by atomic mass is 9.77. The number of ketones is 1. The summed E-state index contributed by atoms with van der Waals surface area (Å²) in [7, 11) is 0. The van der Waals surface area contributed by atoms with E-state index in [1.165, 1.54) is 0 Å². The molecular formula is C30H35NO6. The second kappa shape index (κ2) is 9.69. The van der Waals surface area contributed by atoms with Crippen molar-refractivity contribution in [1.29, 1.82) is 0 Å². The Balaban J connectivity index is 1.97. The van der Waals surface area contributed by atoms with Gasteiger partial charge in [-0.2, -0.15) is 0 Å². The first-order chi connectivity index (χ1) is 17.4. The van der Waals surface area contributed by atoms with Crippen molar-refractivity contribution in [2.45, 2.75) is 60.4 Å². The average molecular weight is 506 g/mol. The molecule has 0 aromatic heterocycles. The molecule has 0 spiro atoms. The largest absolute Gasteiger partial charge is 0.465 e. The Morgan fingerprint density at radius 2 is 1.57 bits per heavy atom. The van der Waals surface area contributed by atoms with E-state index >= 15 is 0 Å². The molecule has 0 saturated heterocycles. The zero-order valence-corrected chi connectivity index (χ0v) is 22.6. The summed E-state index contributed by atoms with van der Waals surface area (Å²) in [4.78, 5) is 40.8. The molecule has 0 radical (unpaired) electrons. The van der Waals surface area contributed by atoms with Crippen LogP contribution in [0.4, 0.5) is 0 Å². The van der Waals surface area contributed by atoms with Crippen molar-refractivity contribution in [2.24, 2.45) is 11.3 Å². The third-order valence-corrected chi connectivity index (χ3v) is 6.35. The van der Waals surface area contributed by atoms with Gasteiger partial charge in [-0.05, 0) is 44.9 Å². The molecule has 2 aromatic rings. The zero-order valence-electron chi connectivity index (χ0n) is 22.6. The number of hydrogen-bond donors (Lipinski definition) is 1. The molecule has 1 heterocycles. The van der Waals surface area contributed by atoms with Crippen LogP contribution in [0.1, 0.15) is 70.8 Å². The topological polar surface area (TPSA) is 90.9 Å². The van der Waals surface area contributed by atoms with Crippen LogP contribution >= 0.6 is 0 Å². The van der Waals surface area contributed by atoms with Crippen LogP contribution in [0.5, 0.6) is 0 Å². The van der Waals surface area contributed by atoms with Crippen molar-refractivity contribution in [3.63, 3.8) is 0 Å². The number of rotatable bonds is 7. The molecule has 0 bridgehead atoms. The fraction of sp³-hybridized carbons (Fsp3) is 0.433. The lowest BCUT2D eigenvalue weighted by molar-refractivity contribution is -0.149. The van der Waals surface area contributed by atoms with E-state index in [2.05, 4.69) is 26.1 Å². The highest BCUT2D eigenvalue weighted by Crippen LogP contribution is 2.46. The molecule has 0 saturated carbocycles. The molecule has 7 heteroatoms. The number of esters is 2. The van der Waals surface area contributed by atoms with Gasteiger partial charge in [-0.15, -0.1) is 0 Å². The summed E-state index contributed by atoms with van der Waals surface area (Å²) >= 11 is 0. The Bertz CT molecular complexity index is 1340. The van der Waals surface area contributed by atoms with Crippen LogP contribution in [0.25, 0.3) is 16.5 Å². The molecule has 2 aromatic carbocycles. The number of hydrogen-bond acceptors (Lipinski definition) is 7. The molecule has 0 fully saturated rings. The fourth-order valence-corrected chi connectivity index (χ4v) is 5.57. The fourth-order valence-electron chi connectivity index (χ4n) is 5.57. The molecule has 196 valence electrons. The first-order valence-electron chi connectivity index (χ1n) is 12.7. The maximum absolute atomic E-state index is 13.9. The smallest absolute Gasteiger partial charge is 0.340 e. The Morgan fingerprint density at radius 1 is 0.946 bits per heavy atom. The van der Waals surface area contributed by atoms with Crippen molar-refractivity contribution in [3.05, 3.63) is 64.6 Å². The van der Waals surface area contributed by atoms with Crippen molar-refractivity contribution >= 4 is 34.3 Å². The summed E-state index contributed by atoms with van der Waals surface area (Å²) in [6.07, 6.45) is 0.732. The molecule has 7 nitrogen and oxygen atoms in total. The molecule has 1 atom stereocenters. The third-order valence-electron chi connectivity index (χ3n) is 6.35. The highest BCUT2D eigenvalue weighted by molar-refractivity contribution is 6.27. The van der Waals surface area contributed by atoms with Gasteiger partial charge in [0, 0.05) is 22.1 Å². The van der Waals surface area contributed by atoms with E-state index in [-0.39, 0.29) is 47.2 Å². The van der Waals surface area contributed by atoms with Crippen molar-refractivity contribution in [2.75, 3.05) is 13.2 Å². The van der Waals surface area contributed by atoms with Gasteiger partial charge in [-0.1, -0.05) is 57.2 Å². The monoisotopic (exact) mass is 505 g/mol. The summed E-state index contributed by atoms with van der Waals surface area (Å²) in [5.41, 5.74) is 0.621. The van der Waals surface area contributed by atoms with Crippen LogP contribution in [0, 0.1) is 11.3 Å². The molecule has 37 heavy (non-hydrogen) atoms. The predicted molar refractivity (Wildman–Crippen MR) is 141 cm³/mol. The minimum Gasteiger partial charge on any atom is -0.465 e. The number of carbonyl (C=O) groups excluding carboxylic acids is 3. The Kier molecular flexibility index (Phi) is 6.93. The van der Waals surface area contributed by atoms with Crippen LogP contribution in [0.15, 0.2) is 53.4 Å². The summed E-state index contributed by atoms with van der Waals surface area (Å²) in [5.74, 6) is -2.73. The van der Waals surface area contributed by atoms with Gasteiger partial charge in [-0.25, -0.2) is 4.79 Å². The standard InChI is InChI=1S/C30H35NO6/c1-8-35-27(33)21-22-24(32)18-14-10-12-17-13-11-15-19(20(17)18)25(22)37-26(23(21)28(34)36-9-2)31-30(6,7)16-29(3,4)5/h10-15,21,31H,8-9,16H2,1-7H3. The highest BCUT2D eigenvalue weighted by atomic mass is 16.5. The van der Waals surface area contributed by atoms with Gasteiger partial charge < -0.3 is 19.5 Å². The maximum atomic E-state index is 13.9. The molecule has 4 rings (SSSR count). The number of benzene rings is 2. The van der Waals surface area contributed by atoms with Gasteiger partial charge >= 0.3 is 11.9 Å². The van der Waals surface area contributed by atoms with Crippen LogP contribution in [-0.4, -0.2) is 36.5 Å². The summed E-state index contributed by atoms with van der Waals surface area (Å²) in [6, 6.07) is 11.1. The predicted octanol–water partition coefficient (Wildman–Crippen LogP) is 5.54. The van der Waals surface area contributed by atoms with E-state index in [4.69, 9.17) is 14.2 Å². The van der Waals surface area contributed by atoms with E-state index in [1.807, 2.05) is 38.1 Å². The van der Waals surface area contributed by atoms with Crippen molar-refractivity contribution < 1.29 is 28.6 Å². The molecule has 2 aliphatic rings. The lowest BCUT2D eigenvalue weighted by Gasteiger charge is -2.38. The van der Waals surface area contributed by atoms with Crippen LogP contribution in [0.3, 0.4) is 0 Å². The zero-order chi connectivity index (χ0) is 27.1. The van der Waals surface area contributed by atoms with E-state index in [0.29, 0.717) is 11.1 Å². The van der Waals surface area contributed by atoms with Crippen molar-refractivity contribution in [1.82, 2.24) is 5.32 Å². The van der Waals surface area contributed by atoms with Crippen LogP contribution in [-0.2, 0) is 23.8 Å². The molecular weight excluding hydrogens is 470 g/mol. The number of ether oxygens (including phenoxy) is 3. The molecule has 1 aliphatic carbocycles. The maximum Gasteiger partial charge on any atom is 0.340 e. The van der Waals surface area contributed by atoms with E-state index in [0.717, 1.165) is 17.2 Å². The minimum atomic E-state index is -1.30. The van der Waals surface area contributed by atoms with Gasteiger partial charge in [-0.3, -0.25) is 9.59 Å². The lowest BCUT2D eigenvalue weighted by Crippen LogP contribution is -2.46. The number of fused-ring (bicyclic) bond motifs is 1. The molecule has 1 aliphatic heterocycles. The summed E-state index contributed by atoms with van der Waals surface area (Å²) < 4.78 is 17.2. The van der Waals surface area contributed by atoms with Crippen molar-refractivity contribution in [3.8, 4) is 0 Å². The Morgan fingerprint density at radius 3 is 2.16 bits per heavy atom. The first-order valence-corrected chi connectivity index (χ1v) is 12.7. The highest BCUT2D eigenvalue weighted by Gasteiger charge is 2.48. The quantitative estimate of drug-likeness (QED) is 0.494. The number of carbonyl (C=O) groups is 3. The number of Topliss-reactive ketones (excluding diaryl/α,β-unsaturated/α-hetero) is 1. The van der Waals surface area contributed by atoms with Gasteiger partial charge in [0.25, 0.3) is 0 Å². The second-order valence-electron chi connectivity index (χ2n) is 11.3. The van der Waals surface area contributed by atoms with E-state index < -0.39 is 23.4 Å². The van der Waals surface area contributed by atoms with E-state index in [1.54, 1.807) is 26.0 Å². The number of nitrogens with one attached hydrogen (secondary N) is 1. The summed E-state index contributed by atoms with van der Waals surface area (Å²) in [6.45, 7) is 13.9.